The number of amides is 1. The van der Waals surface area contributed by atoms with Crippen molar-refractivity contribution in [3.8, 4) is 0 Å². The smallest absolute Gasteiger partial charge is 0.269 e. The molecule has 8 heteroatoms. The predicted molar refractivity (Wildman–Crippen MR) is 73.6 cm³/mol. The number of aromatic nitrogens is 1. The molecule has 19 heavy (non-hydrogen) atoms. The molecule has 0 aliphatic rings. The second-order valence-electron chi connectivity index (χ2n) is 4.03. The first-order chi connectivity index (χ1) is 8.86. The molecular weight excluding hydrogens is 268 g/mol. The summed E-state index contributed by atoms with van der Waals surface area (Å²) < 4.78 is 24.3. The van der Waals surface area contributed by atoms with Crippen LogP contribution in [-0.4, -0.2) is 57.1 Å². The summed E-state index contributed by atoms with van der Waals surface area (Å²) in [5.41, 5.74) is 0.936. The van der Waals surface area contributed by atoms with Gasteiger partial charge in [-0.3, -0.25) is 9.78 Å². The van der Waals surface area contributed by atoms with E-state index in [0.717, 1.165) is 0 Å². The summed E-state index contributed by atoms with van der Waals surface area (Å²) in [4.78, 5) is 15.3. The Kier molecular flexibility index (Phi) is 5.25. The molecule has 0 aliphatic carbocycles. The van der Waals surface area contributed by atoms with Gasteiger partial charge in [-0.1, -0.05) is 0 Å². The van der Waals surface area contributed by atoms with Crippen LogP contribution in [0.3, 0.4) is 0 Å². The number of anilines is 1. The minimum Gasteiger partial charge on any atom is -0.384 e. The molecule has 1 heterocycles. The van der Waals surface area contributed by atoms with Gasteiger partial charge < -0.3 is 10.6 Å². The highest BCUT2D eigenvalue weighted by molar-refractivity contribution is 7.89. The molecule has 1 rings (SSSR count). The lowest BCUT2D eigenvalue weighted by molar-refractivity contribution is 0.0958. The molecule has 0 saturated carbocycles. The normalized spacial score (nSPS) is 11.4. The molecule has 0 aliphatic heterocycles. The van der Waals surface area contributed by atoms with Gasteiger partial charge in [0, 0.05) is 39.6 Å². The molecule has 1 aromatic heterocycles. The molecule has 0 atom stereocenters. The van der Waals surface area contributed by atoms with Crippen LogP contribution in [0, 0.1) is 0 Å². The summed E-state index contributed by atoms with van der Waals surface area (Å²) in [6.45, 7) is 0.262. The molecule has 0 spiro atoms. The predicted octanol–water partition coefficient (Wildman–Crippen LogP) is -0.255. The zero-order chi connectivity index (χ0) is 14.5. The van der Waals surface area contributed by atoms with E-state index >= 15 is 0 Å². The Labute approximate surface area is 113 Å². The number of rotatable bonds is 6. The van der Waals surface area contributed by atoms with Gasteiger partial charge in [0.1, 0.15) is 5.69 Å². The van der Waals surface area contributed by atoms with Crippen molar-refractivity contribution in [1.29, 1.82) is 0 Å². The highest BCUT2D eigenvalue weighted by Crippen LogP contribution is 2.07. The molecule has 0 fully saturated rings. The molecule has 0 bridgehead atoms. The highest BCUT2D eigenvalue weighted by Gasteiger charge is 2.12. The fraction of sp³-hybridized carbons (Fsp3) is 0.455. The van der Waals surface area contributed by atoms with Gasteiger partial charge in [0.2, 0.25) is 10.0 Å². The lowest BCUT2D eigenvalue weighted by atomic mass is 10.3. The molecule has 106 valence electrons. The third-order valence-corrected chi connectivity index (χ3v) is 4.30. The van der Waals surface area contributed by atoms with E-state index in [1.165, 1.54) is 31.6 Å². The first-order valence-corrected chi connectivity index (χ1v) is 7.30. The minimum absolute atomic E-state index is 0.0162. The van der Waals surface area contributed by atoms with Crippen molar-refractivity contribution in [3.63, 3.8) is 0 Å². The monoisotopic (exact) mass is 286 g/mol. The van der Waals surface area contributed by atoms with Crippen molar-refractivity contribution in [1.82, 2.24) is 14.6 Å². The Bertz CT molecular complexity index is 543. The maximum atomic E-state index is 11.6. The number of sulfonamides is 1. The summed E-state index contributed by atoms with van der Waals surface area (Å²) in [5.74, 6) is -0.304. The molecule has 1 aromatic rings. The van der Waals surface area contributed by atoms with E-state index in [1.54, 1.807) is 12.1 Å². The molecule has 7 nitrogen and oxygen atoms in total. The van der Waals surface area contributed by atoms with Crippen LogP contribution in [0.4, 0.5) is 5.69 Å². The van der Waals surface area contributed by atoms with E-state index in [1.807, 2.05) is 0 Å². The average Bonchev–Trinajstić information content (AvgIpc) is 2.37. The molecular formula is C11H18N4O3S. The fourth-order valence-electron chi connectivity index (χ4n) is 1.30. The van der Waals surface area contributed by atoms with Gasteiger partial charge in [0.15, 0.2) is 0 Å². The van der Waals surface area contributed by atoms with Crippen LogP contribution in [0.15, 0.2) is 18.3 Å². The highest BCUT2D eigenvalue weighted by atomic mass is 32.2. The maximum Gasteiger partial charge on any atom is 0.269 e. The van der Waals surface area contributed by atoms with Crippen LogP contribution >= 0.6 is 0 Å². The van der Waals surface area contributed by atoms with Crippen molar-refractivity contribution in [2.75, 3.05) is 38.8 Å². The topological polar surface area (TPSA) is 91.4 Å². The number of nitrogens with one attached hydrogen (secondary N) is 2. The van der Waals surface area contributed by atoms with Gasteiger partial charge in [-0.05, 0) is 12.1 Å². The summed E-state index contributed by atoms with van der Waals surface area (Å²) in [5, 5.41) is 5.42. The molecule has 0 radical (unpaired) electrons. The largest absolute Gasteiger partial charge is 0.384 e. The summed E-state index contributed by atoms with van der Waals surface area (Å²) in [6, 6.07) is 3.25. The van der Waals surface area contributed by atoms with Crippen LogP contribution in [0.5, 0.6) is 0 Å². The summed E-state index contributed by atoms with van der Waals surface area (Å²) in [6.07, 6.45) is 1.49. The number of pyridine rings is 1. The van der Waals surface area contributed by atoms with Gasteiger partial charge in [-0.25, -0.2) is 12.7 Å². The van der Waals surface area contributed by atoms with E-state index in [-0.39, 0.29) is 23.9 Å². The van der Waals surface area contributed by atoms with Crippen LogP contribution < -0.4 is 10.6 Å². The van der Waals surface area contributed by atoms with Crippen molar-refractivity contribution in [3.05, 3.63) is 24.0 Å². The first-order valence-electron chi connectivity index (χ1n) is 5.69. The van der Waals surface area contributed by atoms with Crippen molar-refractivity contribution in [2.24, 2.45) is 0 Å². The lowest BCUT2D eigenvalue weighted by Gasteiger charge is -2.12. The van der Waals surface area contributed by atoms with Gasteiger partial charge in [-0.2, -0.15) is 0 Å². The number of carbonyl (C=O) groups is 1. The third kappa shape index (κ3) is 4.49. The quantitative estimate of drug-likeness (QED) is 0.752. The van der Waals surface area contributed by atoms with Crippen molar-refractivity contribution < 1.29 is 13.2 Å². The second kappa shape index (κ2) is 6.48. The maximum absolute atomic E-state index is 11.6. The Morgan fingerprint density at radius 2 is 2.11 bits per heavy atom. The van der Waals surface area contributed by atoms with E-state index in [0.29, 0.717) is 5.69 Å². The van der Waals surface area contributed by atoms with Crippen LogP contribution in [0.2, 0.25) is 0 Å². The number of carbonyl (C=O) groups excluding carboxylic acids is 1. The van der Waals surface area contributed by atoms with Gasteiger partial charge in [0.25, 0.3) is 5.91 Å². The Morgan fingerprint density at radius 1 is 1.42 bits per heavy atom. The van der Waals surface area contributed by atoms with Gasteiger partial charge in [-0.15, -0.1) is 0 Å². The minimum atomic E-state index is -3.22. The molecule has 2 N–H and O–H groups in total. The van der Waals surface area contributed by atoms with Crippen molar-refractivity contribution in [2.45, 2.75) is 0 Å². The third-order valence-electron chi connectivity index (χ3n) is 2.47. The number of hydrogen-bond acceptors (Lipinski definition) is 5. The Balaban J connectivity index is 2.62. The van der Waals surface area contributed by atoms with Crippen LogP contribution in [0.25, 0.3) is 0 Å². The van der Waals surface area contributed by atoms with Crippen molar-refractivity contribution >= 4 is 21.6 Å². The molecule has 1 amide bonds. The Morgan fingerprint density at radius 3 is 2.68 bits per heavy atom. The standard InChI is InChI=1S/C11H18N4O3S/c1-12-11(16)10-8-9(4-5-14-10)13-6-7-19(17,18)15(2)3/h4-5,8H,6-7H2,1-3H3,(H,12,16)(H,13,14). The van der Waals surface area contributed by atoms with Gasteiger partial charge in [0.05, 0.1) is 5.75 Å². The number of nitrogens with zero attached hydrogens (tertiary/aromatic N) is 2. The Hall–Kier alpha value is -1.67. The SMILES string of the molecule is CNC(=O)c1cc(NCCS(=O)(=O)N(C)C)ccn1. The zero-order valence-corrected chi connectivity index (χ0v) is 12.0. The average molecular weight is 286 g/mol. The van der Waals surface area contributed by atoms with E-state index in [9.17, 15) is 13.2 Å². The van der Waals surface area contributed by atoms with Crippen LogP contribution in [0.1, 0.15) is 10.5 Å². The summed E-state index contributed by atoms with van der Waals surface area (Å²) >= 11 is 0. The van der Waals surface area contributed by atoms with Crippen LogP contribution in [-0.2, 0) is 10.0 Å². The lowest BCUT2D eigenvalue weighted by Crippen LogP contribution is -2.28. The molecule has 0 aromatic carbocycles. The zero-order valence-electron chi connectivity index (χ0n) is 11.2. The fourth-order valence-corrected chi connectivity index (χ4v) is 2.02. The van der Waals surface area contributed by atoms with E-state index in [2.05, 4.69) is 15.6 Å². The van der Waals surface area contributed by atoms with Gasteiger partial charge >= 0.3 is 0 Å². The van der Waals surface area contributed by atoms with E-state index in [4.69, 9.17) is 0 Å². The molecule has 0 saturated heterocycles. The number of hydrogen-bond donors (Lipinski definition) is 2. The molecule has 0 unspecified atom stereocenters. The van der Waals surface area contributed by atoms with E-state index < -0.39 is 10.0 Å². The summed E-state index contributed by atoms with van der Waals surface area (Å²) in [7, 11) is 1.28. The second-order valence-corrected chi connectivity index (χ2v) is 6.34. The first kappa shape index (κ1) is 15.4.